The predicted molar refractivity (Wildman–Crippen MR) is 79.9 cm³/mol. The molecule has 1 aliphatic heterocycles. The van der Waals surface area contributed by atoms with E-state index in [1.807, 2.05) is 0 Å². The second-order valence-corrected chi connectivity index (χ2v) is 5.39. The summed E-state index contributed by atoms with van der Waals surface area (Å²) in [6.45, 7) is 1.72. The van der Waals surface area contributed by atoms with E-state index in [4.69, 9.17) is 9.47 Å². The number of fused-ring (bicyclic) bond motifs is 1. The lowest BCUT2D eigenvalue weighted by molar-refractivity contribution is -0.137. The molecule has 0 saturated carbocycles. The molecule has 0 bridgehead atoms. The number of amides is 1. The van der Waals surface area contributed by atoms with Gasteiger partial charge < -0.3 is 14.8 Å². The van der Waals surface area contributed by atoms with Crippen molar-refractivity contribution < 1.29 is 27.4 Å². The van der Waals surface area contributed by atoms with Crippen LogP contribution in [0, 0.1) is 0 Å². The van der Waals surface area contributed by atoms with Crippen molar-refractivity contribution in [2.45, 2.75) is 19.1 Å². The van der Waals surface area contributed by atoms with Crippen LogP contribution >= 0.6 is 0 Å². The Morgan fingerprint density at radius 3 is 2.62 bits per heavy atom. The number of hydrogen-bond donors (Lipinski definition) is 1. The van der Waals surface area contributed by atoms with Crippen LogP contribution in [0.25, 0.3) is 0 Å². The first-order chi connectivity index (χ1) is 11.3. The number of benzene rings is 2. The van der Waals surface area contributed by atoms with E-state index in [0.717, 1.165) is 12.1 Å². The van der Waals surface area contributed by atoms with E-state index in [9.17, 15) is 18.0 Å². The maximum absolute atomic E-state index is 12.8. The van der Waals surface area contributed by atoms with Crippen molar-refractivity contribution in [2.24, 2.45) is 0 Å². The summed E-state index contributed by atoms with van der Waals surface area (Å²) in [4.78, 5) is 12.3. The molecule has 1 heterocycles. The maximum Gasteiger partial charge on any atom is 0.416 e. The highest BCUT2D eigenvalue weighted by Gasteiger charge is 2.30. The van der Waals surface area contributed by atoms with Crippen molar-refractivity contribution in [1.82, 2.24) is 5.32 Å². The third-order valence-corrected chi connectivity index (χ3v) is 3.70. The highest BCUT2D eigenvalue weighted by atomic mass is 19.4. The van der Waals surface area contributed by atoms with Crippen molar-refractivity contribution in [3.63, 3.8) is 0 Å². The number of halogens is 3. The molecule has 1 aliphatic rings. The first-order valence-electron chi connectivity index (χ1n) is 7.22. The van der Waals surface area contributed by atoms with Gasteiger partial charge in [-0.3, -0.25) is 4.79 Å². The molecular weight excluding hydrogens is 323 g/mol. The lowest BCUT2D eigenvalue weighted by atomic mass is 10.0. The molecule has 1 amide bonds. The Hall–Kier alpha value is -2.70. The fraction of sp³-hybridized carbons (Fsp3) is 0.235. The largest absolute Gasteiger partial charge is 0.454 e. The average molecular weight is 337 g/mol. The Morgan fingerprint density at radius 1 is 1.12 bits per heavy atom. The van der Waals surface area contributed by atoms with Gasteiger partial charge in [-0.1, -0.05) is 12.1 Å². The van der Waals surface area contributed by atoms with Crippen LogP contribution in [0.2, 0.25) is 0 Å². The van der Waals surface area contributed by atoms with Crippen LogP contribution in [0.5, 0.6) is 11.5 Å². The highest BCUT2D eigenvalue weighted by molar-refractivity contribution is 5.95. The molecule has 7 heteroatoms. The molecule has 0 fully saturated rings. The summed E-state index contributed by atoms with van der Waals surface area (Å²) in [5.74, 6) is 0.616. The van der Waals surface area contributed by atoms with Crippen LogP contribution in [0.15, 0.2) is 42.5 Å². The van der Waals surface area contributed by atoms with E-state index >= 15 is 0 Å². The van der Waals surface area contributed by atoms with Crippen LogP contribution in [-0.4, -0.2) is 12.7 Å². The van der Waals surface area contributed by atoms with Gasteiger partial charge in [-0.15, -0.1) is 0 Å². The molecule has 4 nitrogen and oxygen atoms in total. The van der Waals surface area contributed by atoms with Crippen LogP contribution in [0.4, 0.5) is 13.2 Å². The number of alkyl halides is 3. The fourth-order valence-electron chi connectivity index (χ4n) is 2.39. The zero-order chi connectivity index (χ0) is 17.3. The van der Waals surface area contributed by atoms with Crippen LogP contribution in [0.3, 0.4) is 0 Å². The minimum atomic E-state index is -4.42. The summed E-state index contributed by atoms with van der Waals surface area (Å²) in [5.41, 5.74) is -0.0267. The molecule has 24 heavy (non-hydrogen) atoms. The van der Waals surface area contributed by atoms with Crippen molar-refractivity contribution in [2.75, 3.05) is 6.79 Å². The van der Waals surface area contributed by atoms with Gasteiger partial charge in [0.05, 0.1) is 11.6 Å². The van der Waals surface area contributed by atoms with Gasteiger partial charge in [0.15, 0.2) is 11.5 Å². The second kappa shape index (κ2) is 6.07. The topological polar surface area (TPSA) is 47.6 Å². The monoisotopic (exact) mass is 337 g/mol. The van der Waals surface area contributed by atoms with Crippen molar-refractivity contribution in [3.8, 4) is 11.5 Å². The molecule has 3 rings (SSSR count). The highest BCUT2D eigenvalue weighted by Crippen LogP contribution is 2.33. The minimum absolute atomic E-state index is 0.0983. The zero-order valence-corrected chi connectivity index (χ0v) is 12.7. The molecule has 126 valence electrons. The summed E-state index contributed by atoms with van der Waals surface area (Å²) >= 11 is 0. The Labute approximate surface area is 136 Å². The summed E-state index contributed by atoms with van der Waals surface area (Å²) < 4.78 is 48.7. The molecular formula is C17H14F3NO3. The Morgan fingerprint density at radius 2 is 1.88 bits per heavy atom. The smallest absolute Gasteiger partial charge is 0.416 e. The summed E-state index contributed by atoms with van der Waals surface area (Å²) in [6, 6.07) is 9.04. The normalized spacial score (nSPS) is 14.3. The lowest BCUT2D eigenvalue weighted by Gasteiger charge is -2.16. The van der Waals surface area contributed by atoms with Gasteiger partial charge in [-0.25, -0.2) is 0 Å². The van der Waals surface area contributed by atoms with E-state index < -0.39 is 23.7 Å². The van der Waals surface area contributed by atoms with Gasteiger partial charge in [0.2, 0.25) is 6.79 Å². The van der Waals surface area contributed by atoms with Crippen LogP contribution in [0.1, 0.15) is 34.5 Å². The number of rotatable bonds is 3. The SMILES string of the molecule is C[C@@H](NC(=O)c1ccc2c(c1)OCO2)c1cccc(C(F)(F)F)c1. The summed E-state index contributed by atoms with van der Waals surface area (Å²) in [6.07, 6.45) is -4.42. The van der Waals surface area contributed by atoms with Gasteiger partial charge in [-0.2, -0.15) is 13.2 Å². The van der Waals surface area contributed by atoms with Gasteiger partial charge in [-0.05, 0) is 42.8 Å². The molecule has 0 aliphatic carbocycles. The standard InChI is InChI=1S/C17H14F3NO3/c1-10(11-3-2-4-13(7-11)17(18,19)20)21-16(22)12-5-6-14-15(8-12)24-9-23-14/h2-8,10H,9H2,1H3,(H,21,22)/t10-/m1/s1. The average Bonchev–Trinajstić information content (AvgIpc) is 3.01. The quantitative estimate of drug-likeness (QED) is 0.923. The first-order valence-corrected chi connectivity index (χ1v) is 7.22. The number of carbonyl (C=O) groups excluding carboxylic acids is 1. The van der Waals surface area contributed by atoms with E-state index in [-0.39, 0.29) is 6.79 Å². The van der Waals surface area contributed by atoms with E-state index in [1.165, 1.54) is 12.1 Å². The number of carbonyl (C=O) groups is 1. The third-order valence-electron chi connectivity index (χ3n) is 3.70. The van der Waals surface area contributed by atoms with Crippen molar-refractivity contribution in [3.05, 3.63) is 59.2 Å². The molecule has 0 spiro atoms. The molecule has 1 atom stereocenters. The van der Waals surface area contributed by atoms with E-state index in [0.29, 0.717) is 22.6 Å². The maximum atomic E-state index is 12.8. The van der Waals surface area contributed by atoms with Gasteiger partial charge in [0.1, 0.15) is 0 Å². The number of hydrogen-bond acceptors (Lipinski definition) is 3. The molecule has 1 N–H and O–H groups in total. The van der Waals surface area contributed by atoms with E-state index in [1.54, 1.807) is 25.1 Å². The molecule has 0 radical (unpaired) electrons. The van der Waals surface area contributed by atoms with Crippen LogP contribution in [-0.2, 0) is 6.18 Å². The predicted octanol–water partition coefficient (Wildman–Crippen LogP) is 3.93. The number of ether oxygens (including phenoxy) is 2. The number of nitrogens with one attached hydrogen (secondary N) is 1. The van der Waals surface area contributed by atoms with Crippen molar-refractivity contribution in [1.29, 1.82) is 0 Å². The Bertz CT molecular complexity index is 774. The molecule has 0 saturated heterocycles. The molecule has 2 aromatic carbocycles. The lowest BCUT2D eigenvalue weighted by Crippen LogP contribution is -2.26. The molecule has 0 unspecified atom stereocenters. The van der Waals surface area contributed by atoms with Gasteiger partial charge in [0.25, 0.3) is 5.91 Å². The Kier molecular flexibility index (Phi) is 4.09. The third kappa shape index (κ3) is 3.29. The molecule has 0 aromatic heterocycles. The van der Waals surface area contributed by atoms with E-state index in [2.05, 4.69) is 5.32 Å². The summed E-state index contributed by atoms with van der Waals surface area (Å²) in [5, 5.41) is 2.68. The van der Waals surface area contributed by atoms with Gasteiger partial charge in [0, 0.05) is 5.56 Å². The summed E-state index contributed by atoms with van der Waals surface area (Å²) in [7, 11) is 0. The second-order valence-electron chi connectivity index (χ2n) is 5.39. The van der Waals surface area contributed by atoms with Crippen molar-refractivity contribution >= 4 is 5.91 Å². The zero-order valence-electron chi connectivity index (χ0n) is 12.7. The van der Waals surface area contributed by atoms with Gasteiger partial charge >= 0.3 is 6.18 Å². The molecule has 2 aromatic rings. The minimum Gasteiger partial charge on any atom is -0.454 e. The fourth-order valence-corrected chi connectivity index (χ4v) is 2.39. The first kappa shape index (κ1) is 16.2. The van der Waals surface area contributed by atoms with Crippen LogP contribution < -0.4 is 14.8 Å². The Balaban J connectivity index is 1.75.